The van der Waals surface area contributed by atoms with Crippen molar-refractivity contribution in [2.45, 2.75) is 38.6 Å². The zero-order chi connectivity index (χ0) is 14.4. The van der Waals surface area contributed by atoms with Crippen molar-refractivity contribution in [2.75, 3.05) is 13.7 Å². The van der Waals surface area contributed by atoms with Gasteiger partial charge in [0.25, 0.3) is 5.69 Å². The van der Waals surface area contributed by atoms with Crippen molar-refractivity contribution in [3.63, 3.8) is 0 Å². The van der Waals surface area contributed by atoms with E-state index in [1.165, 1.54) is 45.3 Å². The summed E-state index contributed by atoms with van der Waals surface area (Å²) in [5.41, 5.74) is 0.977. The molecule has 0 aliphatic heterocycles. The topological polar surface area (TPSA) is 64.4 Å². The first-order valence-electron chi connectivity index (χ1n) is 7.22. The predicted molar refractivity (Wildman–Crippen MR) is 77.9 cm³/mol. The molecule has 1 fully saturated rings. The molecule has 0 bridgehead atoms. The van der Waals surface area contributed by atoms with Gasteiger partial charge in [0, 0.05) is 12.6 Å². The van der Waals surface area contributed by atoms with Crippen molar-refractivity contribution in [3.05, 3.63) is 33.9 Å². The van der Waals surface area contributed by atoms with Crippen LogP contribution in [0.5, 0.6) is 5.75 Å². The van der Waals surface area contributed by atoms with E-state index < -0.39 is 0 Å². The van der Waals surface area contributed by atoms with Crippen LogP contribution in [0.15, 0.2) is 18.2 Å². The largest absolute Gasteiger partial charge is 0.496 e. The molecule has 1 saturated carbocycles. The third-order valence-corrected chi connectivity index (χ3v) is 3.88. The lowest BCUT2D eigenvalue weighted by Gasteiger charge is -2.21. The summed E-state index contributed by atoms with van der Waals surface area (Å²) in [5, 5.41) is 14.3. The number of methoxy groups -OCH3 is 1. The Morgan fingerprint density at radius 2 is 2.05 bits per heavy atom. The second-order valence-corrected chi connectivity index (χ2v) is 5.43. The van der Waals surface area contributed by atoms with E-state index in [-0.39, 0.29) is 10.6 Å². The molecule has 2 rings (SSSR count). The molecule has 1 aliphatic carbocycles. The maximum absolute atomic E-state index is 10.9. The summed E-state index contributed by atoms with van der Waals surface area (Å²) in [7, 11) is 1.53. The Kier molecular flexibility index (Phi) is 5.35. The third kappa shape index (κ3) is 4.20. The highest BCUT2D eigenvalue weighted by Crippen LogP contribution is 2.24. The van der Waals surface area contributed by atoms with Gasteiger partial charge in [0.2, 0.25) is 0 Å². The fourth-order valence-corrected chi connectivity index (χ4v) is 2.78. The quantitative estimate of drug-likeness (QED) is 0.640. The van der Waals surface area contributed by atoms with Crippen molar-refractivity contribution in [1.82, 2.24) is 5.32 Å². The molecule has 0 spiro atoms. The van der Waals surface area contributed by atoms with Crippen molar-refractivity contribution in [2.24, 2.45) is 5.92 Å². The van der Waals surface area contributed by atoms with Gasteiger partial charge in [0.1, 0.15) is 5.75 Å². The van der Waals surface area contributed by atoms with Crippen LogP contribution in [0.4, 0.5) is 5.69 Å². The van der Waals surface area contributed by atoms with Crippen LogP contribution in [-0.2, 0) is 6.54 Å². The van der Waals surface area contributed by atoms with Crippen LogP contribution < -0.4 is 10.1 Å². The molecule has 0 atom stereocenters. The second-order valence-electron chi connectivity index (χ2n) is 5.43. The Balaban J connectivity index is 1.91. The van der Waals surface area contributed by atoms with Crippen molar-refractivity contribution in [3.8, 4) is 5.75 Å². The zero-order valence-corrected chi connectivity index (χ0v) is 11.9. The Morgan fingerprint density at radius 3 is 2.70 bits per heavy atom. The standard InChI is InChI=1S/C15H22N2O3/c1-20-15-8-13(7-14(9-15)17(18)19)11-16-10-12-5-3-2-4-6-12/h7-9,12,16H,2-6,10-11H2,1H3. The average Bonchev–Trinajstić information content (AvgIpc) is 2.48. The molecule has 1 aliphatic rings. The highest BCUT2D eigenvalue weighted by Gasteiger charge is 2.13. The van der Waals surface area contributed by atoms with E-state index in [1.807, 2.05) is 6.07 Å². The summed E-state index contributed by atoms with van der Waals surface area (Å²) in [6.07, 6.45) is 6.61. The first-order chi connectivity index (χ1) is 9.69. The molecule has 0 saturated heterocycles. The highest BCUT2D eigenvalue weighted by atomic mass is 16.6. The summed E-state index contributed by atoms with van der Waals surface area (Å²) >= 11 is 0. The van der Waals surface area contributed by atoms with E-state index in [1.54, 1.807) is 6.07 Å². The van der Waals surface area contributed by atoms with Gasteiger partial charge in [-0.1, -0.05) is 19.3 Å². The van der Waals surface area contributed by atoms with Gasteiger partial charge in [-0.15, -0.1) is 0 Å². The number of nitro groups is 1. The Labute approximate surface area is 119 Å². The lowest BCUT2D eigenvalue weighted by atomic mass is 9.89. The van der Waals surface area contributed by atoms with Crippen LogP contribution >= 0.6 is 0 Å². The molecule has 5 nitrogen and oxygen atoms in total. The fourth-order valence-electron chi connectivity index (χ4n) is 2.78. The minimum Gasteiger partial charge on any atom is -0.496 e. The van der Waals surface area contributed by atoms with E-state index in [2.05, 4.69) is 5.32 Å². The van der Waals surface area contributed by atoms with E-state index in [9.17, 15) is 10.1 Å². The molecule has 110 valence electrons. The fraction of sp³-hybridized carbons (Fsp3) is 0.600. The molecule has 0 radical (unpaired) electrons. The van der Waals surface area contributed by atoms with Gasteiger partial charge in [-0.2, -0.15) is 0 Å². The maximum atomic E-state index is 10.9. The average molecular weight is 278 g/mol. The molecule has 1 N–H and O–H groups in total. The molecular formula is C15H22N2O3. The van der Waals surface area contributed by atoms with Crippen molar-refractivity contribution in [1.29, 1.82) is 0 Å². The van der Waals surface area contributed by atoms with Gasteiger partial charge in [0.05, 0.1) is 18.1 Å². The summed E-state index contributed by atoms with van der Waals surface area (Å²) in [4.78, 5) is 10.5. The summed E-state index contributed by atoms with van der Waals surface area (Å²) in [6, 6.07) is 4.90. The van der Waals surface area contributed by atoms with E-state index >= 15 is 0 Å². The van der Waals surface area contributed by atoms with Crippen LogP contribution in [0.1, 0.15) is 37.7 Å². The van der Waals surface area contributed by atoms with Crippen LogP contribution in [0.25, 0.3) is 0 Å². The lowest BCUT2D eigenvalue weighted by Crippen LogP contribution is -2.24. The maximum Gasteiger partial charge on any atom is 0.273 e. The number of rotatable bonds is 6. The first kappa shape index (κ1) is 14.8. The van der Waals surface area contributed by atoms with Gasteiger partial charge in [-0.05, 0) is 36.9 Å². The predicted octanol–water partition coefficient (Wildman–Crippen LogP) is 3.27. The number of benzene rings is 1. The van der Waals surface area contributed by atoms with Gasteiger partial charge >= 0.3 is 0 Å². The summed E-state index contributed by atoms with van der Waals surface area (Å²) < 4.78 is 5.11. The van der Waals surface area contributed by atoms with Crippen LogP contribution in [-0.4, -0.2) is 18.6 Å². The minimum absolute atomic E-state index is 0.0822. The molecule has 20 heavy (non-hydrogen) atoms. The summed E-state index contributed by atoms with van der Waals surface area (Å²) in [5.74, 6) is 1.29. The molecule has 5 heteroatoms. The summed E-state index contributed by atoms with van der Waals surface area (Å²) in [6.45, 7) is 1.64. The Bertz CT molecular complexity index is 456. The third-order valence-electron chi connectivity index (χ3n) is 3.88. The first-order valence-corrected chi connectivity index (χ1v) is 7.22. The molecule has 0 aromatic heterocycles. The van der Waals surface area contributed by atoms with E-state index in [0.29, 0.717) is 12.3 Å². The Morgan fingerprint density at radius 1 is 1.30 bits per heavy atom. The molecule has 1 aromatic carbocycles. The molecule has 0 heterocycles. The zero-order valence-electron chi connectivity index (χ0n) is 11.9. The van der Waals surface area contributed by atoms with Crippen LogP contribution in [0.2, 0.25) is 0 Å². The van der Waals surface area contributed by atoms with Gasteiger partial charge in [-0.3, -0.25) is 10.1 Å². The second kappa shape index (κ2) is 7.24. The SMILES string of the molecule is COc1cc(CNCC2CCCCC2)cc([N+](=O)[O-])c1. The van der Waals surface area contributed by atoms with Gasteiger partial charge in [-0.25, -0.2) is 0 Å². The van der Waals surface area contributed by atoms with Crippen molar-refractivity contribution >= 4 is 5.69 Å². The van der Waals surface area contributed by atoms with Crippen LogP contribution in [0.3, 0.4) is 0 Å². The monoisotopic (exact) mass is 278 g/mol. The Hall–Kier alpha value is -1.62. The molecule has 0 amide bonds. The number of nitro benzene ring substituents is 1. The normalized spacial score (nSPS) is 16.1. The van der Waals surface area contributed by atoms with Gasteiger partial charge < -0.3 is 10.1 Å². The lowest BCUT2D eigenvalue weighted by molar-refractivity contribution is -0.385. The number of nitrogens with zero attached hydrogens (tertiary/aromatic N) is 1. The smallest absolute Gasteiger partial charge is 0.273 e. The van der Waals surface area contributed by atoms with Gasteiger partial charge in [0.15, 0.2) is 0 Å². The van der Waals surface area contributed by atoms with E-state index in [0.717, 1.165) is 18.0 Å². The van der Waals surface area contributed by atoms with Crippen molar-refractivity contribution < 1.29 is 9.66 Å². The number of non-ortho nitro benzene ring substituents is 1. The molecular weight excluding hydrogens is 256 g/mol. The number of hydrogen-bond acceptors (Lipinski definition) is 4. The minimum atomic E-state index is -0.382. The number of ether oxygens (including phenoxy) is 1. The van der Waals surface area contributed by atoms with E-state index in [4.69, 9.17) is 4.74 Å². The van der Waals surface area contributed by atoms with Crippen LogP contribution in [0, 0.1) is 16.0 Å². The number of hydrogen-bond donors (Lipinski definition) is 1. The number of nitrogens with one attached hydrogen (secondary N) is 1. The molecule has 1 aromatic rings. The highest BCUT2D eigenvalue weighted by molar-refractivity contribution is 5.42. The molecule has 0 unspecified atom stereocenters.